The lowest BCUT2D eigenvalue weighted by Gasteiger charge is -2.26. The monoisotopic (exact) mass is 378 g/mol. The Labute approximate surface area is 163 Å². The SMILES string of the molecule is CN=C(NCCCOC1CCOC1)NCC(c1cccc(OC)c1)N(C)C. The van der Waals surface area contributed by atoms with Crippen molar-refractivity contribution in [3.8, 4) is 5.75 Å². The van der Waals surface area contributed by atoms with E-state index < -0.39 is 0 Å². The summed E-state index contributed by atoms with van der Waals surface area (Å²) in [6, 6.07) is 8.39. The highest BCUT2D eigenvalue weighted by Crippen LogP contribution is 2.22. The van der Waals surface area contributed by atoms with Crippen LogP contribution in [-0.2, 0) is 9.47 Å². The minimum atomic E-state index is 0.212. The molecule has 0 spiro atoms. The minimum Gasteiger partial charge on any atom is -0.497 e. The molecule has 2 atom stereocenters. The van der Waals surface area contributed by atoms with Gasteiger partial charge in [0.05, 0.1) is 25.9 Å². The molecule has 7 nitrogen and oxygen atoms in total. The molecule has 1 saturated heterocycles. The van der Waals surface area contributed by atoms with Crippen molar-refractivity contribution in [2.75, 3.05) is 61.2 Å². The van der Waals surface area contributed by atoms with Crippen LogP contribution in [-0.4, -0.2) is 78.1 Å². The number of nitrogens with zero attached hydrogens (tertiary/aromatic N) is 2. The maximum Gasteiger partial charge on any atom is 0.191 e. The molecule has 0 radical (unpaired) electrons. The fraction of sp³-hybridized carbons (Fsp3) is 0.650. The van der Waals surface area contributed by atoms with E-state index >= 15 is 0 Å². The van der Waals surface area contributed by atoms with Crippen molar-refractivity contribution in [3.63, 3.8) is 0 Å². The molecule has 1 aliphatic heterocycles. The first-order valence-electron chi connectivity index (χ1n) is 9.58. The Morgan fingerprint density at radius 1 is 1.37 bits per heavy atom. The van der Waals surface area contributed by atoms with Gasteiger partial charge in [0.25, 0.3) is 0 Å². The average molecular weight is 379 g/mol. The van der Waals surface area contributed by atoms with Crippen LogP contribution < -0.4 is 15.4 Å². The normalized spacial score (nSPS) is 18.6. The van der Waals surface area contributed by atoms with Crippen molar-refractivity contribution in [1.29, 1.82) is 0 Å². The topological polar surface area (TPSA) is 67.4 Å². The van der Waals surface area contributed by atoms with Crippen LogP contribution >= 0.6 is 0 Å². The maximum atomic E-state index is 5.78. The molecule has 2 rings (SSSR count). The Kier molecular flexibility index (Phi) is 9.38. The third-order valence-corrected chi connectivity index (χ3v) is 4.64. The molecule has 1 heterocycles. The van der Waals surface area contributed by atoms with Gasteiger partial charge >= 0.3 is 0 Å². The average Bonchev–Trinajstić information content (AvgIpc) is 3.19. The number of guanidine groups is 1. The van der Waals surface area contributed by atoms with E-state index in [2.05, 4.69) is 46.8 Å². The Morgan fingerprint density at radius 3 is 2.89 bits per heavy atom. The van der Waals surface area contributed by atoms with Gasteiger partial charge in [-0.25, -0.2) is 0 Å². The van der Waals surface area contributed by atoms with Crippen molar-refractivity contribution in [2.45, 2.75) is 25.0 Å². The van der Waals surface area contributed by atoms with E-state index in [1.807, 2.05) is 12.1 Å². The molecule has 2 N–H and O–H groups in total. The zero-order chi connectivity index (χ0) is 19.5. The summed E-state index contributed by atoms with van der Waals surface area (Å²) in [7, 11) is 7.63. The van der Waals surface area contributed by atoms with Gasteiger partial charge in [-0.15, -0.1) is 0 Å². The highest BCUT2D eigenvalue weighted by Gasteiger charge is 2.16. The number of hydrogen-bond acceptors (Lipinski definition) is 5. The van der Waals surface area contributed by atoms with Crippen LogP contribution in [0.2, 0.25) is 0 Å². The molecule has 0 saturated carbocycles. The summed E-state index contributed by atoms with van der Waals surface area (Å²) in [6.45, 7) is 3.85. The molecule has 0 aromatic heterocycles. The van der Waals surface area contributed by atoms with E-state index in [1.54, 1.807) is 14.2 Å². The fourth-order valence-electron chi connectivity index (χ4n) is 3.03. The first kappa shape index (κ1) is 21.5. The molecule has 7 heteroatoms. The van der Waals surface area contributed by atoms with E-state index in [9.17, 15) is 0 Å². The van der Waals surface area contributed by atoms with Gasteiger partial charge in [-0.1, -0.05) is 12.1 Å². The summed E-state index contributed by atoms with van der Waals surface area (Å²) in [5.74, 6) is 1.67. The van der Waals surface area contributed by atoms with E-state index in [0.29, 0.717) is 0 Å². The Balaban J connectivity index is 1.74. The maximum absolute atomic E-state index is 5.78. The van der Waals surface area contributed by atoms with Crippen molar-refractivity contribution >= 4 is 5.96 Å². The summed E-state index contributed by atoms with van der Waals surface area (Å²) in [6.07, 6.45) is 2.21. The van der Waals surface area contributed by atoms with Crippen LogP contribution in [0.25, 0.3) is 0 Å². The van der Waals surface area contributed by atoms with Crippen LogP contribution in [0, 0.1) is 0 Å². The number of hydrogen-bond donors (Lipinski definition) is 2. The highest BCUT2D eigenvalue weighted by molar-refractivity contribution is 5.79. The quantitative estimate of drug-likeness (QED) is 0.367. The van der Waals surface area contributed by atoms with E-state index in [-0.39, 0.29) is 12.1 Å². The van der Waals surface area contributed by atoms with E-state index in [1.165, 1.54) is 5.56 Å². The lowest BCUT2D eigenvalue weighted by atomic mass is 10.1. The first-order valence-corrected chi connectivity index (χ1v) is 9.58. The lowest BCUT2D eigenvalue weighted by molar-refractivity contribution is 0.0420. The highest BCUT2D eigenvalue weighted by atomic mass is 16.5. The summed E-state index contributed by atoms with van der Waals surface area (Å²) < 4.78 is 16.4. The molecule has 1 fully saturated rings. The molecule has 0 aliphatic carbocycles. The van der Waals surface area contributed by atoms with Gasteiger partial charge in [-0.3, -0.25) is 4.99 Å². The van der Waals surface area contributed by atoms with Crippen LogP contribution in [0.15, 0.2) is 29.3 Å². The number of ether oxygens (including phenoxy) is 3. The summed E-state index contributed by atoms with van der Waals surface area (Å²) in [5, 5.41) is 6.76. The van der Waals surface area contributed by atoms with Crippen molar-refractivity contribution in [1.82, 2.24) is 15.5 Å². The van der Waals surface area contributed by atoms with Gasteiger partial charge in [0, 0.05) is 33.4 Å². The second-order valence-corrected chi connectivity index (χ2v) is 6.85. The minimum absolute atomic E-state index is 0.212. The van der Waals surface area contributed by atoms with Crippen LogP contribution in [0.3, 0.4) is 0 Å². The Hall–Kier alpha value is -1.83. The lowest BCUT2D eigenvalue weighted by Crippen LogP contribution is -2.42. The third-order valence-electron chi connectivity index (χ3n) is 4.64. The second-order valence-electron chi connectivity index (χ2n) is 6.85. The zero-order valence-electron chi connectivity index (χ0n) is 17.0. The van der Waals surface area contributed by atoms with Crippen LogP contribution in [0.5, 0.6) is 5.75 Å². The molecular formula is C20H34N4O3. The molecule has 1 aromatic carbocycles. The van der Waals surface area contributed by atoms with Crippen LogP contribution in [0.4, 0.5) is 0 Å². The number of benzene rings is 1. The van der Waals surface area contributed by atoms with Gasteiger partial charge in [0.15, 0.2) is 5.96 Å². The molecule has 2 unspecified atom stereocenters. The molecule has 27 heavy (non-hydrogen) atoms. The number of nitrogens with one attached hydrogen (secondary N) is 2. The Bertz CT molecular complexity index is 574. The predicted molar refractivity (Wildman–Crippen MR) is 109 cm³/mol. The number of rotatable bonds is 10. The van der Waals surface area contributed by atoms with Gasteiger partial charge in [-0.05, 0) is 44.6 Å². The van der Waals surface area contributed by atoms with E-state index in [0.717, 1.165) is 57.5 Å². The zero-order valence-corrected chi connectivity index (χ0v) is 17.0. The molecule has 1 aromatic rings. The van der Waals surface area contributed by atoms with Gasteiger partial charge < -0.3 is 29.7 Å². The first-order chi connectivity index (χ1) is 13.1. The fourth-order valence-corrected chi connectivity index (χ4v) is 3.03. The van der Waals surface area contributed by atoms with Crippen molar-refractivity contribution in [2.24, 2.45) is 4.99 Å². The standard InChI is InChI=1S/C20H34N4O3/c1-21-20(22-10-6-11-27-18-9-12-26-15-18)23-14-19(24(2)3)16-7-5-8-17(13-16)25-4/h5,7-8,13,18-19H,6,9-12,14-15H2,1-4H3,(H2,21,22,23). The van der Waals surface area contributed by atoms with E-state index in [4.69, 9.17) is 14.2 Å². The summed E-state index contributed by atoms with van der Waals surface area (Å²) in [4.78, 5) is 6.50. The smallest absolute Gasteiger partial charge is 0.191 e. The number of methoxy groups -OCH3 is 1. The molecular weight excluding hydrogens is 344 g/mol. The molecule has 0 bridgehead atoms. The summed E-state index contributed by atoms with van der Waals surface area (Å²) >= 11 is 0. The largest absolute Gasteiger partial charge is 0.497 e. The van der Waals surface area contributed by atoms with Gasteiger partial charge in [-0.2, -0.15) is 0 Å². The second kappa shape index (κ2) is 11.8. The number of aliphatic imine (C=N–C) groups is 1. The van der Waals surface area contributed by atoms with Crippen molar-refractivity contribution < 1.29 is 14.2 Å². The third kappa shape index (κ3) is 7.36. The van der Waals surface area contributed by atoms with Gasteiger partial charge in [0.2, 0.25) is 0 Å². The molecule has 1 aliphatic rings. The molecule has 152 valence electrons. The molecule has 0 amide bonds. The van der Waals surface area contributed by atoms with Gasteiger partial charge in [0.1, 0.15) is 5.75 Å². The van der Waals surface area contributed by atoms with Crippen LogP contribution in [0.1, 0.15) is 24.4 Å². The van der Waals surface area contributed by atoms with Crippen molar-refractivity contribution in [3.05, 3.63) is 29.8 Å². The summed E-state index contributed by atoms with van der Waals surface area (Å²) in [5.41, 5.74) is 1.20. The number of likely N-dealkylation sites (N-methyl/N-ethyl adjacent to an activating group) is 1. The Morgan fingerprint density at radius 2 is 2.22 bits per heavy atom. The predicted octanol–water partition coefficient (Wildman–Crippen LogP) is 1.66.